The normalized spacial score (nSPS) is 15.4. The second-order valence-corrected chi connectivity index (χ2v) is 10.5. The molecule has 0 aliphatic carbocycles. The number of methoxy groups -OCH3 is 1. The molecule has 1 saturated heterocycles. The highest BCUT2D eigenvalue weighted by Gasteiger charge is 2.25. The number of nitrogens with zero attached hydrogens (tertiary/aromatic N) is 2. The summed E-state index contributed by atoms with van der Waals surface area (Å²) >= 11 is 7.39. The number of carbonyl (C=O) groups excluding carboxylic acids is 2. The number of ether oxygens (including phenoxy) is 2. The van der Waals surface area contributed by atoms with Crippen molar-refractivity contribution in [1.29, 1.82) is 0 Å². The van der Waals surface area contributed by atoms with Crippen LogP contribution >= 0.6 is 22.9 Å². The summed E-state index contributed by atoms with van der Waals surface area (Å²) in [4.78, 5) is 32.9. The first-order chi connectivity index (χ1) is 17.9. The number of carbonyl (C=O) groups is 2. The fraction of sp³-hybridized carbons (Fsp3) is 0.393. The third-order valence-corrected chi connectivity index (χ3v) is 7.75. The summed E-state index contributed by atoms with van der Waals surface area (Å²) in [6.07, 6.45) is 3.75. The number of halogens is 1. The lowest BCUT2D eigenvalue weighted by molar-refractivity contribution is 0.0600. The number of aromatic nitrogens is 1. The summed E-state index contributed by atoms with van der Waals surface area (Å²) in [5.41, 5.74) is 2.97. The van der Waals surface area contributed by atoms with Gasteiger partial charge in [-0.2, -0.15) is 0 Å². The Kier molecular flexibility index (Phi) is 9.05. The lowest BCUT2D eigenvalue weighted by atomic mass is 10.0. The molecule has 37 heavy (non-hydrogen) atoms. The predicted octanol–water partition coefficient (Wildman–Crippen LogP) is 6.14. The van der Waals surface area contributed by atoms with E-state index in [1.807, 2.05) is 43.3 Å². The van der Waals surface area contributed by atoms with Crippen LogP contribution in [0.3, 0.4) is 0 Å². The maximum absolute atomic E-state index is 13.2. The van der Waals surface area contributed by atoms with E-state index in [4.69, 9.17) is 21.1 Å². The monoisotopic (exact) mass is 541 g/mol. The molecule has 0 radical (unpaired) electrons. The average molecular weight is 542 g/mol. The molecule has 1 N–H and O–H groups in total. The Hall–Kier alpha value is -3.10. The number of nitrogens with one attached hydrogen (secondary N) is 1. The molecule has 9 heteroatoms. The number of esters is 1. The Balaban J connectivity index is 1.47. The molecule has 4 rings (SSSR count). The first-order valence-electron chi connectivity index (χ1n) is 12.5. The van der Waals surface area contributed by atoms with Gasteiger partial charge in [0.25, 0.3) is 5.91 Å². The Morgan fingerprint density at radius 3 is 2.73 bits per heavy atom. The molecule has 1 atom stereocenters. The molecule has 1 unspecified atom stereocenters. The zero-order valence-corrected chi connectivity index (χ0v) is 23.0. The maximum Gasteiger partial charge on any atom is 0.338 e. The van der Waals surface area contributed by atoms with Crippen molar-refractivity contribution in [3.8, 4) is 16.3 Å². The number of hydrogen-bond donors (Lipinski definition) is 1. The van der Waals surface area contributed by atoms with Gasteiger partial charge in [-0.25, -0.2) is 9.78 Å². The SMILES string of the molecule is CCCCOc1cc(C(=O)OC)cc(N2CCCC(NC(=O)c3sc(-c4ccc(Cl)cc4)nc3C)C2)c1. The molecule has 0 bridgehead atoms. The standard InChI is InChI=1S/C28H32ClN3O4S/c1-4-5-13-36-24-15-20(28(34)35-3)14-23(16-24)32-12-6-7-22(17-32)31-26(33)25-18(2)30-27(37-25)19-8-10-21(29)11-9-19/h8-11,14-16,22H,4-7,12-13,17H2,1-3H3,(H,31,33). The second-order valence-electron chi connectivity index (χ2n) is 9.11. The quantitative estimate of drug-likeness (QED) is 0.259. The number of aryl methyl sites for hydroxylation is 1. The third-order valence-electron chi connectivity index (χ3n) is 6.29. The van der Waals surface area contributed by atoms with Gasteiger partial charge in [0.05, 0.1) is 25.0 Å². The number of piperidine rings is 1. The van der Waals surface area contributed by atoms with Crippen molar-refractivity contribution < 1.29 is 19.1 Å². The molecule has 1 aliphatic rings. The topological polar surface area (TPSA) is 80.8 Å². The van der Waals surface area contributed by atoms with E-state index in [0.717, 1.165) is 48.5 Å². The summed E-state index contributed by atoms with van der Waals surface area (Å²) in [6, 6.07) is 12.9. The fourth-order valence-corrected chi connectivity index (χ4v) is 5.42. The average Bonchev–Trinajstić information content (AvgIpc) is 3.30. The van der Waals surface area contributed by atoms with Gasteiger partial charge in [-0.1, -0.05) is 37.1 Å². The van der Waals surface area contributed by atoms with Crippen LogP contribution in [-0.2, 0) is 4.74 Å². The summed E-state index contributed by atoms with van der Waals surface area (Å²) in [7, 11) is 1.37. The number of unbranched alkanes of at least 4 members (excludes halogenated alkanes) is 1. The van der Waals surface area contributed by atoms with Crippen LogP contribution in [0.2, 0.25) is 5.02 Å². The van der Waals surface area contributed by atoms with E-state index in [1.54, 1.807) is 6.07 Å². The fourth-order valence-electron chi connectivity index (χ4n) is 4.32. The molecular weight excluding hydrogens is 510 g/mol. The highest BCUT2D eigenvalue weighted by atomic mass is 35.5. The number of hydrogen-bond acceptors (Lipinski definition) is 7. The van der Waals surface area contributed by atoms with Crippen LogP contribution in [0.4, 0.5) is 5.69 Å². The molecule has 3 aromatic rings. The zero-order chi connectivity index (χ0) is 26.4. The molecule has 1 aliphatic heterocycles. The zero-order valence-electron chi connectivity index (χ0n) is 21.4. The van der Waals surface area contributed by atoms with Gasteiger partial charge in [-0.15, -0.1) is 11.3 Å². The van der Waals surface area contributed by atoms with E-state index < -0.39 is 5.97 Å². The second kappa shape index (κ2) is 12.4. The van der Waals surface area contributed by atoms with E-state index in [0.29, 0.717) is 40.1 Å². The van der Waals surface area contributed by atoms with Crippen LogP contribution in [0.5, 0.6) is 5.75 Å². The number of rotatable bonds is 9. The van der Waals surface area contributed by atoms with Gasteiger partial charge in [-0.3, -0.25) is 4.79 Å². The van der Waals surface area contributed by atoms with E-state index in [2.05, 4.69) is 22.1 Å². The molecule has 7 nitrogen and oxygen atoms in total. The van der Waals surface area contributed by atoms with E-state index in [9.17, 15) is 9.59 Å². The molecule has 2 aromatic carbocycles. The largest absolute Gasteiger partial charge is 0.493 e. The molecule has 0 spiro atoms. The molecule has 196 valence electrons. The van der Waals surface area contributed by atoms with Gasteiger partial charge in [0.2, 0.25) is 0 Å². The van der Waals surface area contributed by atoms with Gasteiger partial charge in [0.1, 0.15) is 15.6 Å². The molecule has 1 aromatic heterocycles. The van der Waals surface area contributed by atoms with Crippen molar-refractivity contribution in [3.63, 3.8) is 0 Å². The van der Waals surface area contributed by atoms with Gasteiger partial charge in [0, 0.05) is 41.5 Å². The first kappa shape index (κ1) is 26.9. The van der Waals surface area contributed by atoms with Crippen molar-refractivity contribution in [2.24, 2.45) is 0 Å². The van der Waals surface area contributed by atoms with Crippen LogP contribution in [0.15, 0.2) is 42.5 Å². The Labute approximate surface area is 226 Å². The molecule has 1 fully saturated rings. The summed E-state index contributed by atoms with van der Waals surface area (Å²) in [6.45, 7) is 6.01. The van der Waals surface area contributed by atoms with Crippen molar-refractivity contribution >= 4 is 40.5 Å². The number of thiazole rings is 1. The lowest BCUT2D eigenvalue weighted by Gasteiger charge is -2.35. The molecule has 1 amide bonds. The summed E-state index contributed by atoms with van der Waals surface area (Å²) in [5.74, 6) is 0.128. The Morgan fingerprint density at radius 2 is 2.00 bits per heavy atom. The van der Waals surface area contributed by atoms with E-state index in [-0.39, 0.29) is 11.9 Å². The molecular formula is C28H32ClN3O4S. The van der Waals surface area contributed by atoms with Crippen LogP contribution < -0.4 is 15.0 Å². The molecule has 0 saturated carbocycles. The van der Waals surface area contributed by atoms with E-state index in [1.165, 1.54) is 18.4 Å². The van der Waals surface area contributed by atoms with Gasteiger partial charge in [0.15, 0.2) is 0 Å². The number of amides is 1. The minimum absolute atomic E-state index is 0.0343. The maximum atomic E-state index is 13.2. The highest BCUT2D eigenvalue weighted by molar-refractivity contribution is 7.17. The Morgan fingerprint density at radius 1 is 1.22 bits per heavy atom. The van der Waals surface area contributed by atoms with Crippen LogP contribution in [0, 0.1) is 6.92 Å². The Bertz CT molecular complexity index is 1240. The van der Waals surface area contributed by atoms with Crippen molar-refractivity contribution in [2.45, 2.75) is 45.6 Å². The summed E-state index contributed by atoms with van der Waals surface area (Å²) < 4.78 is 10.9. The van der Waals surface area contributed by atoms with Gasteiger partial charge >= 0.3 is 5.97 Å². The molecule has 2 heterocycles. The summed E-state index contributed by atoms with van der Waals surface area (Å²) in [5, 5.41) is 4.65. The minimum Gasteiger partial charge on any atom is -0.493 e. The smallest absolute Gasteiger partial charge is 0.338 e. The van der Waals surface area contributed by atoms with Crippen molar-refractivity contribution in [1.82, 2.24) is 10.3 Å². The number of anilines is 1. The highest BCUT2D eigenvalue weighted by Crippen LogP contribution is 2.30. The van der Waals surface area contributed by atoms with Gasteiger partial charge in [-0.05, 0) is 50.5 Å². The van der Waals surface area contributed by atoms with Crippen LogP contribution in [0.1, 0.15) is 58.3 Å². The number of benzene rings is 2. The first-order valence-corrected chi connectivity index (χ1v) is 13.7. The van der Waals surface area contributed by atoms with E-state index >= 15 is 0 Å². The van der Waals surface area contributed by atoms with Crippen molar-refractivity contribution in [2.75, 3.05) is 31.7 Å². The minimum atomic E-state index is -0.402. The van der Waals surface area contributed by atoms with Crippen LogP contribution in [0.25, 0.3) is 10.6 Å². The van der Waals surface area contributed by atoms with Gasteiger partial charge < -0.3 is 19.7 Å². The predicted molar refractivity (Wildman–Crippen MR) is 148 cm³/mol. The van der Waals surface area contributed by atoms with Crippen LogP contribution in [-0.4, -0.2) is 49.7 Å². The van der Waals surface area contributed by atoms with Crippen molar-refractivity contribution in [3.05, 3.63) is 63.6 Å². The third kappa shape index (κ3) is 6.81. The lowest BCUT2D eigenvalue weighted by Crippen LogP contribution is -2.47.